The fourth-order valence-corrected chi connectivity index (χ4v) is 2.06. The van der Waals surface area contributed by atoms with Crippen LogP contribution in [0.25, 0.3) is 0 Å². The van der Waals surface area contributed by atoms with Crippen molar-refractivity contribution in [2.75, 3.05) is 27.7 Å². The maximum atomic E-state index is 11.7. The smallest absolute Gasteiger partial charge is 0.306 e. The number of rotatable bonds is 11. The fraction of sp³-hybridized carbons (Fsp3) is 0.867. The Morgan fingerprint density at radius 3 is 2.14 bits per heavy atom. The van der Waals surface area contributed by atoms with Gasteiger partial charge < -0.3 is 31.5 Å². The van der Waals surface area contributed by atoms with E-state index in [1.807, 2.05) is 21.1 Å². The first-order valence-corrected chi connectivity index (χ1v) is 7.44. The van der Waals surface area contributed by atoms with Crippen molar-refractivity contribution >= 4 is 11.9 Å². The molecule has 0 aliphatic rings. The lowest BCUT2D eigenvalue weighted by atomic mass is 10.1. The second-order valence-corrected chi connectivity index (χ2v) is 6.33. The Kier molecular flexibility index (Phi) is 12.6. The largest absolute Gasteiger partial charge is 1.00 e. The van der Waals surface area contributed by atoms with Crippen molar-refractivity contribution in [2.24, 2.45) is 0 Å². The Bertz CT molecular complexity index is 303. The molecule has 0 saturated carbocycles. The van der Waals surface area contributed by atoms with Crippen LogP contribution in [0.4, 0.5) is 0 Å². The van der Waals surface area contributed by atoms with Crippen LogP contribution in [-0.2, 0) is 14.3 Å². The second-order valence-electron chi connectivity index (χ2n) is 6.33. The summed E-state index contributed by atoms with van der Waals surface area (Å²) < 4.78 is 5.81. The maximum Gasteiger partial charge on any atom is 0.306 e. The fourth-order valence-electron chi connectivity index (χ4n) is 2.06. The molecule has 0 bridgehead atoms. The first-order chi connectivity index (χ1) is 9.24. The van der Waals surface area contributed by atoms with E-state index in [9.17, 15) is 14.7 Å². The van der Waals surface area contributed by atoms with Gasteiger partial charge in [-0.1, -0.05) is 32.6 Å². The number of carboxylic acids is 1. The molecule has 6 heteroatoms. The summed E-state index contributed by atoms with van der Waals surface area (Å²) in [5.74, 6) is -1.49. The lowest BCUT2D eigenvalue weighted by molar-refractivity contribution is -0.873. The van der Waals surface area contributed by atoms with Crippen molar-refractivity contribution in [3.05, 3.63) is 0 Å². The van der Waals surface area contributed by atoms with Crippen LogP contribution in [-0.4, -0.2) is 50.2 Å². The average Bonchev–Trinajstić information content (AvgIpc) is 2.25. The minimum Gasteiger partial charge on any atom is -1.00 e. The molecule has 0 heterocycles. The van der Waals surface area contributed by atoms with Gasteiger partial charge in [0.2, 0.25) is 0 Å². The Balaban J connectivity index is 0. The van der Waals surface area contributed by atoms with Crippen LogP contribution in [0, 0.1) is 0 Å². The number of halogens is 1. The number of hydrogen-bond acceptors (Lipinski definition) is 4. The predicted molar refractivity (Wildman–Crippen MR) is 75.8 cm³/mol. The minimum atomic E-state index is -1.18. The summed E-state index contributed by atoms with van der Waals surface area (Å²) in [7, 11) is 5.79. The van der Waals surface area contributed by atoms with Crippen LogP contribution in [0.1, 0.15) is 51.9 Å². The zero-order valence-corrected chi connectivity index (χ0v) is 14.4. The Morgan fingerprint density at radius 1 is 1.10 bits per heavy atom. The second kappa shape index (κ2) is 11.8. The van der Waals surface area contributed by atoms with E-state index in [4.69, 9.17) is 4.74 Å². The summed E-state index contributed by atoms with van der Waals surface area (Å²) in [5.41, 5.74) is 0. The van der Waals surface area contributed by atoms with Crippen LogP contribution < -0.4 is 17.5 Å². The molecule has 0 saturated heterocycles. The molecule has 1 atom stereocenters. The van der Waals surface area contributed by atoms with Crippen molar-refractivity contribution in [3.63, 3.8) is 0 Å². The number of carboxylic acid groups (broad SMARTS) is 1. The monoisotopic (exact) mass is 322 g/mol. The Hall–Kier alpha value is -0.810. The Labute approximate surface area is 134 Å². The summed E-state index contributed by atoms with van der Waals surface area (Å²) in [6.45, 7) is 2.61. The number of carbonyl (C=O) groups is 2. The van der Waals surface area contributed by atoms with E-state index in [0.29, 0.717) is 17.4 Å². The normalized spacial score (nSPS) is 12.4. The molecule has 0 aromatic rings. The van der Waals surface area contributed by atoms with E-state index in [0.717, 1.165) is 19.3 Å². The number of nitrogens with zero attached hydrogens (tertiary/aromatic N) is 1. The molecule has 0 spiro atoms. The van der Waals surface area contributed by atoms with E-state index in [1.54, 1.807) is 0 Å². The van der Waals surface area contributed by atoms with Gasteiger partial charge >= 0.3 is 5.97 Å². The maximum absolute atomic E-state index is 11.7. The molecule has 126 valence electrons. The Morgan fingerprint density at radius 2 is 1.67 bits per heavy atom. The van der Waals surface area contributed by atoms with Crippen LogP contribution >= 0.6 is 0 Å². The van der Waals surface area contributed by atoms with Crippen molar-refractivity contribution < 1.29 is 36.3 Å². The molecule has 0 aromatic carbocycles. The van der Waals surface area contributed by atoms with Gasteiger partial charge in [-0.05, 0) is 6.42 Å². The average molecular weight is 323 g/mol. The zero-order valence-electron chi connectivity index (χ0n) is 13.7. The van der Waals surface area contributed by atoms with Gasteiger partial charge in [0, 0.05) is 18.8 Å². The van der Waals surface area contributed by atoms with E-state index < -0.39 is 12.1 Å². The highest BCUT2D eigenvalue weighted by molar-refractivity contribution is 5.70. The van der Waals surface area contributed by atoms with Crippen LogP contribution in [0.2, 0.25) is 0 Å². The van der Waals surface area contributed by atoms with Gasteiger partial charge in [-0.25, -0.2) is 0 Å². The third-order valence-corrected chi connectivity index (χ3v) is 2.93. The van der Waals surface area contributed by atoms with Crippen molar-refractivity contribution in [1.82, 2.24) is 0 Å². The molecule has 21 heavy (non-hydrogen) atoms. The van der Waals surface area contributed by atoms with Gasteiger partial charge in [-0.2, -0.15) is 0 Å². The number of quaternary nitrogens is 1. The summed E-state index contributed by atoms with van der Waals surface area (Å²) in [6, 6.07) is 0. The number of aliphatic carboxylic acids is 1. The molecule has 5 nitrogen and oxygen atoms in total. The van der Waals surface area contributed by atoms with Crippen molar-refractivity contribution in [2.45, 2.75) is 58.0 Å². The summed E-state index contributed by atoms with van der Waals surface area (Å²) in [4.78, 5) is 22.4. The third-order valence-electron chi connectivity index (χ3n) is 2.93. The molecule has 0 N–H and O–H groups in total. The number of likely N-dealkylation sites (N-methyl/N-ethyl adjacent to an activating group) is 1. The molecule has 0 amide bonds. The van der Waals surface area contributed by atoms with Gasteiger partial charge in [0.15, 0.2) is 6.10 Å². The number of carbonyl (C=O) groups excluding carboxylic acids is 2. The van der Waals surface area contributed by atoms with E-state index in [2.05, 4.69) is 6.92 Å². The number of hydrogen-bond donors (Lipinski definition) is 0. The lowest BCUT2D eigenvalue weighted by Crippen LogP contribution is -3.00. The molecule has 0 aliphatic carbocycles. The summed E-state index contributed by atoms with van der Waals surface area (Å²) in [5, 5.41) is 10.7. The molecular weight excluding hydrogens is 294 g/mol. The highest BCUT2D eigenvalue weighted by atomic mass is 35.5. The van der Waals surface area contributed by atoms with E-state index in [-0.39, 0.29) is 24.8 Å². The van der Waals surface area contributed by atoms with Gasteiger partial charge in [-0.3, -0.25) is 4.79 Å². The quantitative estimate of drug-likeness (QED) is 0.253. The zero-order chi connectivity index (χ0) is 15.6. The molecular formula is C15H29ClNO4-. The standard InChI is InChI=1S/C15H29NO4.ClH/c1-5-6-7-8-9-10-15(19)20-13(11-14(17)18)12-16(2,3)4;/h13H,5-12H2,1-4H3;1H/p-1/t13-;/m1./s1. The minimum absolute atomic E-state index is 0. The van der Waals surface area contributed by atoms with Gasteiger partial charge in [0.1, 0.15) is 6.54 Å². The molecule has 0 rings (SSSR count). The van der Waals surface area contributed by atoms with Crippen LogP contribution in [0.5, 0.6) is 0 Å². The topological polar surface area (TPSA) is 66.4 Å². The molecule has 0 aliphatic heterocycles. The van der Waals surface area contributed by atoms with Crippen LogP contribution in [0.15, 0.2) is 0 Å². The van der Waals surface area contributed by atoms with Gasteiger partial charge in [0.05, 0.1) is 21.1 Å². The first kappa shape index (κ1) is 22.5. The molecule has 0 fully saturated rings. The number of ether oxygens (including phenoxy) is 1. The molecule has 0 unspecified atom stereocenters. The molecule has 0 aromatic heterocycles. The number of unbranched alkanes of at least 4 members (excludes halogenated alkanes) is 4. The highest BCUT2D eigenvalue weighted by Crippen LogP contribution is 2.09. The SMILES string of the molecule is CCCCCCCC(=O)O[C@H](CC(=O)[O-])C[N+](C)(C)C.[Cl-]. The lowest BCUT2D eigenvalue weighted by Gasteiger charge is -2.29. The van der Waals surface area contributed by atoms with Gasteiger partial charge in [-0.15, -0.1) is 0 Å². The van der Waals surface area contributed by atoms with Crippen LogP contribution in [0.3, 0.4) is 0 Å². The summed E-state index contributed by atoms with van der Waals surface area (Å²) >= 11 is 0. The third kappa shape index (κ3) is 15.4. The van der Waals surface area contributed by atoms with Gasteiger partial charge in [0.25, 0.3) is 0 Å². The number of esters is 1. The summed E-state index contributed by atoms with van der Waals surface area (Å²) in [6.07, 6.45) is 4.83. The van der Waals surface area contributed by atoms with E-state index in [1.165, 1.54) is 12.8 Å². The highest BCUT2D eigenvalue weighted by Gasteiger charge is 2.22. The predicted octanol–water partition coefficient (Wildman–Crippen LogP) is -1.89. The first-order valence-electron chi connectivity index (χ1n) is 7.44. The molecule has 0 radical (unpaired) electrons. The van der Waals surface area contributed by atoms with Crippen molar-refractivity contribution in [1.29, 1.82) is 0 Å². The van der Waals surface area contributed by atoms with E-state index >= 15 is 0 Å². The van der Waals surface area contributed by atoms with Crippen molar-refractivity contribution in [3.8, 4) is 0 Å².